The van der Waals surface area contributed by atoms with Crippen LogP contribution in [0.1, 0.15) is 38.3 Å². The number of aromatic nitrogens is 2. The van der Waals surface area contributed by atoms with Gasteiger partial charge in [-0.3, -0.25) is 4.79 Å². The smallest absolute Gasteiger partial charge is 0.343 e. The number of nitrogens with one attached hydrogen (secondary N) is 1. The number of carbonyl (C=O) groups is 2. The van der Waals surface area contributed by atoms with Crippen LogP contribution in [0, 0.1) is 20.8 Å². The molecule has 2 aromatic carbocycles. The van der Waals surface area contributed by atoms with Gasteiger partial charge in [0, 0.05) is 6.54 Å². The molecule has 1 amide bonds. The normalized spacial score (nSPS) is 10.7. The lowest BCUT2D eigenvalue weighted by atomic mass is 10.1. The van der Waals surface area contributed by atoms with E-state index in [0.717, 1.165) is 11.1 Å². The maximum Gasteiger partial charge on any atom is 0.343 e. The van der Waals surface area contributed by atoms with E-state index in [4.69, 9.17) is 16.3 Å². The van der Waals surface area contributed by atoms with E-state index in [9.17, 15) is 9.59 Å². The summed E-state index contributed by atoms with van der Waals surface area (Å²) in [4.78, 5) is 24.6. The molecule has 0 spiro atoms. The number of ether oxygens (including phenoxy) is 1. The van der Waals surface area contributed by atoms with Gasteiger partial charge in [-0.1, -0.05) is 65.7 Å². The first-order valence-electron chi connectivity index (χ1n) is 10.1. The van der Waals surface area contributed by atoms with E-state index >= 15 is 0 Å². The summed E-state index contributed by atoms with van der Waals surface area (Å²) in [7, 11) is 0. The number of hydrogen-bond acceptors (Lipinski definition) is 4. The number of nitrogens with zero attached hydrogens (tertiary/aromatic N) is 2. The first-order chi connectivity index (χ1) is 14.8. The molecule has 0 aliphatic heterocycles. The molecule has 3 aromatic rings. The van der Waals surface area contributed by atoms with Crippen LogP contribution in [-0.2, 0) is 22.5 Å². The number of esters is 1. The Morgan fingerprint density at radius 1 is 1.06 bits per heavy atom. The topological polar surface area (TPSA) is 73.2 Å². The number of rotatable bonds is 8. The van der Waals surface area contributed by atoms with Crippen molar-refractivity contribution < 1.29 is 14.3 Å². The zero-order chi connectivity index (χ0) is 22.4. The lowest BCUT2D eigenvalue weighted by Crippen LogP contribution is -2.30. The molecule has 6 nitrogen and oxygen atoms in total. The average molecular weight is 440 g/mol. The van der Waals surface area contributed by atoms with Crippen LogP contribution < -0.4 is 5.32 Å². The van der Waals surface area contributed by atoms with Gasteiger partial charge in [-0.15, -0.1) is 0 Å². The fraction of sp³-hybridized carbons (Fsp3) is 0.292. The molecule has 0 saturated heterocycles. The summed E-state index contributed by atoms with van der Waals surface area (Å²) in [6.07, 6.45) is 0.711. The Kier molecular flexibility index (Phi) is 7.47. The fourth-order valence-electron chi connectivity index (χ4n) is 3.24. The van der Waals surface area contributed by atoms with Crippen LogP contribution in [0.15, 0.2) is 48.5 Å². The lowest BCUT2D eigenvalue weighted by molar-refractivity contribution is -0.124. The van der Waals surface area contributed by atoms with E-state index in [0.29, 0.717) is 25.2 Å². The van der Waals surface area contributed by atoms with Crippen molar-refractivity contribution in [2.45, 2.75) is 33.7 Å². The highest BCUT2D eigenvalue weighted by Gasteiger charge is 2.22. The monoisotopic (exact) mass is 439 g/mol. The Morgan fingerprint density at radius 3 is 2.48 bits per heavy atom. The van der Waals surface area contributed by atoms with Gasteiger partial charge in [-0.25, -0.2) is 9.48 Å². The third-order valence-electron chi connectivity index (χ3n) is 5.03. The predicted molar refractivity (Wildman–Crippen MR) is 120 cm³/mol. The molecule has 1 aromatic heterocycles. The van der Waals surface area contributed by atoms with Gasteiger partial charge in [0.2, 0.25) is 0 Å². The summed E-state index contributed by atoms with van der Waals surface area (Å²) in [5.74, 6) is -1.02. The minimum atomic E-state index is -0.660. The van der Waals surface area contributed by atoms with Crippen molar-refractivity contribution in [1.29, 1.82) is 0 Å². The Balaban J connectivity index is 1.53. The van der Waals surface area contributed by atoms with Crippen molar-refractivity contribution in [2.75, 3.05) is 13.2 Å². The second kappa shape index (κ2) is 10.3. The van der Waals surface area contributed by atoms with Crippen molar-refractivity contribution in [3.05, 3.63) is 87.2 Å². The highest BCUT2D eigenvalue weighted by molar-refractivity contribution is 6.32. The van der Waals surface area contributed by atoms with Crippen LogP contribution >= 0.6 is 11.6 Å². The predicted octanol–water partition coefficient (Wildman–Crippen LogP) is 4.03. The van der Waals surface area contributed by atoms with Crippen molar-refractivity contribution in [3.63, 3.8) is 0 Å². The molecule has 0 aliphatic rings. The first kappa shape index (κ1) is 22.6. The lowest BCUT2D eigenvalue weighted by Gasteiger charge is -2.08. The van der Waals surface area contributed by atoms with Crippen LogP contribution in [0.5, 0.6) is 0 Å². The van der Waals surface area contributed by atoms with Gasteiger partial charge in [0.1, 0.15) is 10.7 Å². The molecule has 0 radical (unpaired) electrons. The largest absolute Gasteiger partial charge is 0.452 e. The molecular formula is C24H26ClN3O3. The van der Waals surface area contributed by atoms with Crippen molar-refractivity contribution in [2.24, 2.45) is 0 Å². The van der Waals surface area contributed by atoms with Gasteiger partial charge in [0.05, 0.1) is 12.2 Å². The molecule has 7 heteroatoms. The summed E-state index contributed by atoms with van der Waals surface area (Å²) >= 11 is 6.39. The number of hydrogen-bond donors (Lipinski definition) is 1. The SMILES string of the molecule is Cc1ccc(Cn2nc(C)c(C(=O)OCC(=O)NCCc3ccccc3C)c2Cl)cc1. The third kappa shape index (κ3) is 5.95. The Bertz CT molecular complexity index is 1070. The number of aryl methyl sites for hydroxylation is 3. The van der Waals surface area contributed by atoms with E-state index in [1.807, 2.05) is 62.4 Å². The summed E-state index contributed by atoms with van der Waals surface area (Å²) in [5.41, 5.74) is 5.17. The van der Waals surface area contributed by atoms with E-state index in [-0.39, 0.29) is 23.2 Å². The molecule has 0 bridgehead atoms. The highest BCUT2D eigenvalue weighted by atomic mass is 35.5. The summed E-state index contributed by atoms with van der Waals surface area (Å²) < 4.78 is 6.72. The van der Waals surface area contributed by atoms with Crippen LogP contribution in [0.25, 0.3) is 0 Å². The zero-order valence-corrected chi connectivity index (χ0v) is 18.7. The maximum absolute atomic E-state index is 12.5. The van der Waals surface area contributed by atoms with Crippen molar-refractivity contribution in [1.82, 2.24) is 15.1 Å². The van der Waals surface area contributed by atoms with Gasteiger partial charge < -0.3 is 10.1 Å². The number of benzene rings is 2. The minimum Gasteiger partial charge on any atom is -0.452 e. The van der Waals surface area contributed by atoms with E-state index < -0.39 is 5.97 Å². The van der Waals surface area contributed by atoms with E-state index in [1.54, 1.807) is 11.6 Å². The molecule has 0 saturated carbocycles. The summed E-state index contributed by atoms with van der Waals surface area (Å²) in [6, 6.07) is 16.0. The summed E-state index contributed by atoms with van der Waals surface area (Å²) in [6.45, 7) is 6.27. The first-order valence-corrected chi connectivity index (χ1v) is 10.5. The van der Waals surface area contributed by atoms with Gasteiger partial charge in [-0.2, -0.15) is 5.10 Å². The second-order valence-corrected chi connectivity index (χ2v) is 7.86. The quantitative estimate of drug-likeness (QED) is 0.538. The molecule has 0 atom stereocenters. The molecule has 1 N–H and O–H groups in total. The second-order valence-electron chi connectivity index (χ2n) is 7.50. The van der Waals surface area contributed by atoms with Crippen LogP contribution in [0.4, 0.5) is 0 Å². The molecule has 31 heavy (non-hydrogen) atoms. The van der Waals surface area contributed by atoms with Crippen LogP contribution in [0.2, 0.25) is 5.15 Å². The zero-order valence-electron chi connectivity index (χ0n) is 17.9. The molecule has 0 unspecified atom stereocenters. The fourth-order valence-corrected chi connectivity index (χ4v) is 3.55. The van der Waals surface area contributed by atoms with Crippen LogP contribution in [-0.4, -0.2) is 34.8 Å². The van der Waals surface area contributed by atoms with E-state index in [1.165, 1.54) is 11.1 Å². The molecule has 0 aliphatic carbocycles. The Hall–Kier alpha value is -3.12. The number of amides is 1. The molecule has 3 rings (SSSR count). The molecule has 1 heterocycles. The van der Waals surface area contributed by atoms with Gasteiger partial charge >= 0.3 is 5.97 Å². The average Bonchev–Trinajstić information content (AvgIpc) is 3.02. The number of halogens is 1. The minimum absolute atomic E-state index is 0.182. The van der Waals surface area contributed by atoms with Crippen molar-refractivity contribution >= 4 is 23.5 Å². The van der Waals surface area contributed by atoms with Crippen molar-refractivity contribution in [3.8, 4) is 0 Å². The number of carbonyl (C=O) groups excluding carboxylic acids is 2. The van der Waals surface area contributed by atoms with Gasteiger partial charge in [0.25, 0.3) is 5.91 Å². The highest BCUT2D eigenvalue weighted by Crippen LogP contribution is 2.22. The molecule has 0 fully saturated rings. The molecular weight excluding hydrogens is 414 g/mol. The Labute approximate surface area is 187 Å². The standard InChI is InChI=1S/C24H26ClN3O3/c1-16-8-10-19(11-9-16)14-28-23(25)22(18(3)27-28)24(30)31-15-21(29)26-13-12-20-7-5-4-6-17(20)2/h4-11H,12-15H2,1-3H3,(H,26,29). The van der Waals surface area contributed by atoms with Crippen LogP contribution in [0.3, 0.4) is 0 Å². The summed E-state index contributed by atoms with van der Waals surface area (Å²) in [5, 5.41) is 7.31. The third-order valence-corrected chi connectivity index (χ3v) is 5.42. The van der Waals surface area contributed by atoms with E-state index in [2.05, 4.69) is 10.4 Å². The molecule has 162 valence electrons. The van der Waals surface area contributed by atoms with Gasteiger partial charge in [-0.05, 0) is 43.9 Å². The van der Waals surface area contributed by atoms with Gasteiger partial charge in [0.15, 0.2) is 6.61 Å². The Morgan fingerprint density at radius 2 is 1.77 bits per heavy atom. The maximum atomic E-state index is 12.5.